The Morgan fingerprint density at radius 2 is 2.00 bits per heavy atom. The molecule has 0 saturated carbocycles. The third-order valence-corrected chi connectivity index (χ3v) is 3.86. The molecule has 0 bridgehead atoms. The number of nitrogens with zero attached hydrogens (tertiary/aromatic N) is 1. The lowest BCUT2D eigenvalue weighted by molar-refractivity contribution is 0.495. The molecule has 5 heteroatoms. The minimum atomic E-state index is 0.275. The molecule has 1 fully saturated rings. The van der Waals surface area contributed by atoms with Gasteiger partial charge in [-0.2, -0.15) is 0 Å². The Balaban J connectivity index is 1.92. The van der Waals surface area contributed by atoms with Crippen molar-refractivity contribution in [3.05, 3.63) is 33.4 Å². The molecule has 1 aliphatic rings. The molecule has 0 radical (unpaired) electrons. The Kier molecular flexibility index (Phi) is 4.21. The maximum absolute atomic E-state index is 8.05. The van der Waals surface area contributed by atoms with E-state index in [9.17, 15) is 0 Å². The summed E-state index contributed by atoms with van der Waals surface area (Å²) in [6, 6.07) is 8.22. The molecule has 0 aliphatic carbocycles. The van der Waals surface area contributed by atoms with Crippen molar-refractivity contribution >= 4 is 34.3 Å². The van der Waals surface area contributed by atoms with Gasteiger partial charge in [0.2, 0.25) is 0 Å². The molecule has 4 nitrogen and oxygen atoms in total. The first-order valence-corrected chi connectivity index (χ1v) is 7.05. The van der Waals surface area contributed by atoms with Crippen molar-refractivity contribution in [3.8, 4) is 0 Å². The van der Waals surface area contributed by atoms with E-state index in [2.05, 4.69) is 27.9 Å². The van der Waals surface area contributed by atoms with Crippen LogP contribution in [-0.4, -0.2) is 35.7 Å². The smallest absolute Gasteiger partial charge is 0.125 e. The summed E-state index contributed by atoms with van der Waals surface area (Å²) in [6.07, 6.45) is 0.989. The van der Waals surface area contributed by atoms with Crippen LogP contribution in [0.1, 0.15) is 18.9 Å². The second kappa shape index (κ2) is 5.69. The molecule has 1 unspecified atom stereocenters. The quantitative estimate of drug-likeness (QED) is 0.433. The van der Waals surface area contributed by atoms with E-state index < -0.39 is 0 Å². The van der Waals surface area contributed by atoms with Gasteiger partial charge < -0.3 is 10.2 Å². The van der Waals surface area contributed by atoms with E-state index in [1.165, 1.54) is 3.57 Å². The number of halogens is 1. The Labute approximate surface area is 121 Å². The van der Waals surface area contributed by atoms with Crippen LogP contribution in [0.2, 0.25) is 0 Å². The van der Waals surface area contributed by atoms with Gasteiger partial charge in [0.1, 0.15) is 5.84 Å². The lowest BCUT2D eigenvalue weighted by atomic mass is 10.2. The molecule has 1 saturated heterocycles. The summed E-state index contributed by atoms with van der Waals surface area (Å²) in [6.45, 7) is 3.54. The Bertz CT molecular complexity index is 455. The van der Waals surface area contributed by atoms with E-state index in [4.69, 9.17) is 10.8 Å². The topological polar surface area (TPSA) is 63.0 Å². The standard InChI is InChI=1S/C13H17IN4/c1-9(15)18-7-6-12(8-18)17-13(16)10-2-4-11(14)5-3-10/h2-5,12,15H,6-8H2,1H3,(H2,16,17). The van der Waals surface area contributed by atoms with E-state index in [1.807, 2.05) is 36.1 Å². The summed E-state index contributed by atoms with van der Waals surface area (Å²) in [5, 5.41) is 18.9. The highest BCUT2D eigenvalue weighted by Gasteiger charge is 2.23. The fourth-order valence-electron chi connectivity index (χ4n) is 2.09. The predicted molar refractivity (Wildman–Crippen MR) is 82.5 cm³/mol. The Hall–Kier alpha value is -1.11. The average Bonchev–Trinajstić information content (AvgIpc) is 2.78. The number of hydrogen-bond donors (Lipinski definition) is 3. The van der Waals surface area contributed by atoms with Gasteiger partial charge in [-0.3, -0.25) is 10.8 Å². The van der Waals surface area contributed by atoms with E-state index >= 15 is 0 Å². The highest BCUT2D eigenvalue weighted by molar-refractivity contribution is 14.1. The largest absolute Gasteiger partial charge is 0.365 e. The van der Waals surface area contributed by atoms with Crippen LogP contribution >= 0.6 is 22.6 Å². The maximum atomic E-state index is 8.05. The monoisotopic (exact) mass is 356 g/mol. The summed E-state index contributed by atoms with van der Waals surface area (Å²) in [5.41, 5.74) is 0.917. The number of amidine groups is 2. The van der Waals surface area contributed by atoms with Crippen LogP contribution in [0.4, 0.5) is 0 Å². The van der Waals surface area contributed by atoms with Crippen molar-refractivity contribution in [2.75, 3.05) is 13.1 Å². The van der Waals surface area contributed by atoms with Crippen LogP contribution < -0.4 is 5.32 Å². The molecule has 1 aliphatic heterocycles. The van der Waals surface area contributed by atoms with Crippen molar-refractivity contribution in [2.24, 2.45) is 0 Å². The van der Waals surface area contributed by atoms with Crippen LogP contribution in [0.25, 0.3) is 0 Å². The number of benzene rings is 1. The highest BCUT2D eigenvalue weighted by atomic mass is 127. The molecule has 1 aromatic rings. The minimum Gasteiger partial charge on any atom is -0.365 e. The molecule has 0 spiro atoms. The Morgan fingerprint density at radius 3 is 2.56 bits per heavy atom. The maximum Gasteiger partial charge on any atom is 0.125 e. The molecule has 0 amide bonds. The molecular weight excluding hydrogens is 339 g/mol. The minimum absolute atomic E-state index is 0.275. The molecule has 0 aromatic heterocycles. The molecule has 1 aromatic carbocycles. The summed E-state index contributed by atoms with van der Waals surface area (Å²) in [4.78, 5) is 2.04. The average molecular weight is 356 g/mol. The van der Waals surface area contributed by atoms with Crippen molar-refractivity contribution in [1.29, 1.82) is 10.8 Å². The van der Waals surface area contributed by atoms with Crippen molar-refractivity contribution in [1.82, 2.24) is 10.2 Å². The summed E-state index contributed by atoms with van der Waals surface area (Å²) >= 11 is 2.26. The number of hydrogen-bond acceptors (Lipinski definition) is 2. The summed E-state index contributed by atoms with van der Waals surface area (Å²) < 4.78 is 1.18. The van der Waals surface area contributed by atoms with Crippen LogP contribution in [0.15, 0.2) is 24.3 Å². The van der Waals surface area contributed by atoms with Gasteiger partial charge >= 0.3 is 0 Å². The predicted octanol–water partition coefficient (Wildman–Crippen LogP) is 2.28. The van der Waals surface area contributed by atoms with E-state index in [0.29, 0.717) is 11.7 Å². The van der Waals surface area contributed by atoms with Crippen molar-refractivity contribution < 1.29 is 0 Å². The summed E-state index contributed by atoms with van der Waals surface area (Å²) in [7, 11) is 0. The van der Waals surface area contributed by atoms with Gasteiger partial charge in [0, 0.05) is 28.3 Å². The highest BCUT2D eigenvalue weighted by Crippen LogP contribution is 2.11. The number of likely N-dealkylation sites (tertiary alicyclic amines) is 1. The van der Waals surface area contributed by atoms with E-state index in [0.717, 1.165) is 25.1 Å². The van der Waals surface area contributed by atoms with Gasteiger partial charge in [0.15, 0.2) is 0 Å². The number of nitrogens with one attached hydrogen (secondary N) is 3. The molecule has 3 N–H and O–H groups in total. The van der Waals surface area contributed by atoms with E-state index in [1.54, 1.807) is 0 Å². The molecule has 18 heavy (non-hydrogen) atoms. The second-order valence-electron chi connectivity index (χ2n) is 4.54. The first-order valence-electron chi connectivity index (χ1n) is 5.97. The van der Waals surface area contributed by atoms with E-state index in [-0.39, 0.29) is 6.04 Å². The van der Waals surface area contributed by atoms with Crippen LogP contribution in [-0.2, 0) is 0 Å². The van der Waals surface area contributed by atoms with Gasteiger partial charge in [-0.05, 0) is 48.1 Å². The van der Waals surface area contributed by atoms with Gasteiger partial charge in [-0.15, -0.1) is 0 Å². The second-order valence-corrected chi connectivity index (χ2v) is 5.79. The van der Waals surface area contributed by atoms with Crippen molar-refractivity contribution in [2.45, 2.75) is 19.4 Å². The fourth-order valence-corrected chi connectivity index (χ4v) is 2.45. The van der Waals surface area contributed by atoms with Gasteiger partial charge in [-0.25, -0.2) is 0 Å². The van der Waals surface area contributed by atoms with Crippen LogP contribution in [0.5, 0.6) is 0 Å². The molecule has 1 heterocycles. The summed E-state index contributed by atoms with van der Waals surface area (Å²) in [5.74, 6) is 1.08. The molecule has 1 atom stereocenters. The third-order valence-electron chi connectivity index (χ3n) is 3.14. The Morgan fingerprint density at radius 1 is 1.33 bits per heavy atom. The van der Waals surface area contributed by atoms with Gasteiger partial charge in [-0.1, -0.05) is 12.1 Å². The normalized spacial score (nSPS) is 18.8. The lowest BCUT2D eigenvalue weighted by Crippen LogP contribution is -2.37. The molecule has 2 rings (SSSR count). The third kappa shape index (κ3) is 3.22. The van der Waals surface area contributed by atoms with Gasteiger partial charge in [0.25, 0.3) is 0 Å². The first kappa shape index (κ1) is 13.3. The van der Waals surface area contributed by atoms with Crippen LogP contribution in [0.3, 0.4) is 0 Å². The van der Waals surface area contributed by atoms with Crippen molar-refractivity contribution in [3.63, 3.8) is 0 Å². The molecule has 96 valence electrons. The fraction of sp³-hybridized carbons (Fsp3) is 0.385. The first-order chi connectivity index (χ1) is 8.56. The number of rotatable bonds is 2. The SMILES string of the molecule is CC(=N)N1CCC(NC(=N)c2ccc(I)cc2)C1. The van der Waals surface area contributed by atoms with Gasteiger partial charge in [0.05, 0.1) is 5.84 Å². The zero-order valence-electron chi connectivity index (χ0n) is 10.3. The lowest BCUT2D eigenvalue weighted by Gasteiger charge is -2.18. The zero-order chi connectivity index (χ0) is 13.1. The van der Waals surface area contributed by atoms with Crippen LogP contribution in [0, 0.1) is 14.4 Å². The molecular formula is C13H17IN4. The zero-order valence-corrected chi connectivity index (χ0v) is 12.5.